The van der Waals surface area contributed by atoms with E-state index >= 15 is 0 Å². The number of hydrogen-bond acceptors (Lipinski definition) is 2. The maximum atomic E-state index is 12.9. The topological polar surface area (TPSA) is 46.9 Å². The minimum atomic E-state index is -4.54. The Hall–Kier alpha value is -1.83. The standard InChI is InChI=1S/C13H11BrF3N3O/c1-7-10(14)11(20(2)19-7)12(21)18-9-6-4-3-5-8(9)13(15,16)17/h3-6H,1-2H3,(H,18,21). The van der Waals surface area contributed by atoms with Crippen molar-refractivity contribution < 1.29 is 18.0 Å². The molecule has 1 aromatic heterocycles. The molecule has 112 valence electrons. The number of hydrogen-bond donors (Lipinski definition) is 1. The lowest BCUT2D eigenvalue weighted by molar-refractivity contribution is -0.136. The molecule has 2 rings (SSSR count). The van der Waals surface area contributed by atoms with E-state index < -0.39 is 17.6 Å². The van der Waals surface area contributed by atoms with Crippen LogP contribution in [-0.4, -0.2) is 15.7 Å². The summed E-state index contributed by atoms with van der Waals surface area (Å²) < 4.78 is 40.4. The molecule has 0 unspecified atom stereocenters. The number of aryl methyl sites for hydroxylation is 2. The number of anilines is 1. The fourth-order valence-corrected chi connectivity index (χ4v) is 2.42. The van der Waals surface area contributed by atoms with Crippen LogP contribution >= 0.6 is 15.9 Å². The van der Waals surface area contributed by atoms with Crippen molar-refractivity contribution in [2.24, 2.45) is 7.05 Å². The van der Waals surface area contributed by atoms with Crippen LogP contribution in [-0.2, 0) is 13.2 Å². The first-order valence-corrected chi connectivity index (χ1v) is 6.67. The molecule has 1 aromatic carbocycles. The van der Waals surface area contributed by atoms with E-state index in [4.69, 9.17) is 0 Å². The van der Waals surface area contributed by atoms with Gasteiger partial charge in [0.15, 0.2) is 0 Å². The second-order valence-electron chi connectivity index (χ2n) is 4.37. The number of carbonyl (C=O) groups excluding carboxylic acids is 1. The van der Waals surface area contributed by atoms with Crippen molar-refractivity contribution >= 4 is 27.5 Å². The van der Waals surface area contributed by atoms with Gasteiger partial charge in [-0.05, 0) is 35.0 Å². The van der Waals surface area contributed by atoms with E-state index in [1.807, 2.05) is 0 Å². The molecule has 0 fully saturated rings. The summed E-state index contributed by atoms with van der Waals surface area (Å²) in [5.74, 6) is -0.665. The fourth-order valence-electron chi connectivity index (χ4n) is 1.90. The molecule has 1 heterocycles. The van der Waals surface area contributed by atoms with Crippen molar-refractivity contribution in [1.29, 1.82) is 0 Å². The Morgan fingerprint density at radius 3 is 2.48 bits per heavy atom. The molecule has 0 aliphatic heterocycles. The van der Waals surface area contributed by atoms with Gasteiger partial charge in [-0.2, -0.15) is 18.3 Å². The van der Waals surface area contributed by atoms with E-state index in [-0.39, 0.29) is 11.4 Å². The average molecular weight is 362 g/mol. The molecule has 0 saturated carbocycles. The lowest BCUT2D eigenvalue weighted by Gasteiger charge is -2.13. The first-order valence-electron chi connectivity index (χ1n) is 5.88. The zero-order valence-corrected chi connectivity index (χ0v) is 12.7. The third-order valence-electron chi connectivity index (χ3n) is 2.84. The molecule has 1 amide bonds. The first kappa shape index (κ1) is 15.6. The summed E-state index contributed by atoms with van der Waals surface area (Å²) in [6.45, 7) is 1.69. The molecular weight excluding hydrogens is 351 g/mol. The van der Waals surface area contributed by atoms with Crippen molar-refractivity contribution in [2.45, 2.75) is 13.1 Å². The molecule has 0 aliphatic carbocycles. The molecule has 0 atom stereocenters. The highest BCUT2D eigenvalue weighted by molar-refractivity contribution is 9.10. The normalized spacial score (nSPS) is 11.5. The zero-order valence-electron chi connectivity index (χ0n) is 11.1. The van der Waals surface area contributed by atoms with E-state index in [0.29, 0.717) is 10.2 Å². The van der Waals surface area contributed by atoms with Crippen molar-refractivity contribution in [3.8, 4) is 0 Å². The molecule has 4 nitrogen and oxygen atoms in total. The Balaban J connectivity index is 2.37. The molecular formula is C13H11BrF3N3O. The lowest BCUT2D eigenvalue weighted by Crippen LogP contribution is -2.19. The number of nitrogens with one attached hydrogen (secondary N) is 1. The summed E-state index contributed by atoms with van der Waals surface area (Å²) in [5, 5.41) is 6.31. The SMILES string of the molecule is Cc1nn(C)c(C(=O)Nc2ccccc2C(F)(F)F)c1Br. The van der Waals surface area contributed by atoms with Gasteiger partial charge in [-0.3, -0.25) is 9.48 Å². The van der Waals surface area contributed by atoms with Crippen LogP contribution in [0.15, 0.2) is 28.7 Å². The van der Waals surface area contributed by atoms with Gasteiger partial charge in [0, 0.05) is 7.05 Å². The van der Waals surface area contributed by atoms with Crippen LogP contribution in [0.3, 0.4) is 0 Å². The number of para-hydroxylation sites is 1. The second-order valence-corrected chi connectivity index (χ2v) is 5.16. The number of rotatable bonds is 2. The predicted molar refractivity (Wildman–Crippen MR) is 75.0 cm³/mol. The van der Waals surface area contributed by atoms with E-state index in [1.165, 1.54) is 22.9 Å². The number of carbonyl (C=O) groups is 1. The van der Waals surface area contributed by atoms with Gasteiger partial charge in [-0.15, -0.1) is 0 Å². The summed E-state index contributed by atoms with van der Waals surface area (Å²) in [6, 6.07) is 4.81. The molecule has 0 saturated heterocycles. The predicted octanol–water partition coefficient (Wildman–Crippen LogP) is 3.76. The van der Waals surface area contributed by atoms with Gasteiger partial charge in [0.2, 0.25) is 0 Å². The van der Waals surface area contributed by atoms with Crippen molar-refractivity contribution in [3.05, 3.63) is 45.7 Å². The Bertz CT molecular complexity index is 694. The van der Waals surface area contributed by atoms with Gasteiger partial charge >= 0.3 is 6.18 Å². The third-order valence-corrected chi connectivity index (χ3v) is 3.79. The number of benzene rings is 1. The van der Waals surface area contributed by atoms with Crippen LogP contribution in [0.5, 0.6) is 0 Å². The lowest BCUT2D eigenvalue weighted by atomic mass is 10.1. The molecule has 0 aliphatic rings. The third kappa shape index (κ3) is 3.10. The summed E-state index contributed by atoms with van der Waals surface area (Å²) >= 11 is 3.21. The van der Waals surface area contributed by atoms with Crippen LogP contribution in [0.1, 0.15) is 21.7 Å². The molecule has 2 aromatic rings. The van der Waals surface area contributed by atoms with Gasteiger partial charge in [-0.1, -0.05) is 12.1 Å². The Labute approximate surface area is 127 Å². The monoisotopic (exact) mass is 361 g/mol. The second kappa shape index (κ2) is 5.51. The fraction of sp³-hybridized carbons (Fsp3) is 0.231. The first-order chi connectivity index (χ1) is 9.71. The largest absolute Gasteiger partial charge is 0.418 e. The number of aromatic nitrogens is 2. The van der Waals surface area contributed by atoms with Gasteiger partial charge in [0.25, 0.3) is 5.91 Å². The highest BCUT2D eigenvalue weighted by Gasteiger charge is 2.34. The number of alkyl halides is 3. The van der Waals surface area contributed by atoms with Crippen LogP contribution < -0.4 is 5.32 Å². The van der Waals surface area contributed by atoms with Crippen molar-refractivity contribution in [2.75, 3.05) is 5.32 Å². The van der Waals surface area contributed by atoms with Crippen LogP contribution in [0.25, 0.3) is 0 Å². The molecule has 21 heavy (non-hydrogen) atoms. The quantitative estimate of drug-likeness (QED) is 0.884. The highest BCUT2D eigenvalue weighted by atomic mass is 79.9. The van der Waals surface area contributed by atoms with E-state index in [2.05, 4.69) is 26.3 Å². The van der Waals surface area contributed by atoms with Crippen molar-refractivity contribution in [1.82, 2.24) is 9.78 Å². The van der Waals surface area contributed by atoms with Crippen molar-refractivity contribution in [3.63, 3.8) is 0 Å². The molecule has 0 bridgehead atoms. The number of amides is 1. The highest BCUT2D eigenvalue weighted by Crippen LogP contribution is 2.35. The van der Waals surface area contributed by atoms with Gasteiger partial charge in [0.1, 0.15) is 5.69 Å². The minimum absolute atomic E-state index is 0.157. The van der Waals surface area contributed by atoms with Crippen LogP contribution in [0.2, 0.25) is 0 Å². The summed E-state index contributed by atoms with van der Waals surface area (Å²) in [5.41, 5.74) is -0.453. The minimum Gasteiger partial charge on any atom is -0.320 e. The van der Waals surface area contributed by atoms with E-state index in [0.717, 1.165) is 6.07 Å². The molecule has 8 heteroatoms. The Kier molecular flexibility index (Phi) is 4.08. The maximum absolute atomic E-state index is 12.9. The zero-order chi connectivity index (χ0) is 15.8. The number of nitrogens with zero attached hydrogens (tertiary/aromatic N) is 2. The maximum Gasteiger partial charge on any atom is 0.418 e. The van der Waals surface area contributed by atoms with Gasteiger partial charge in [-0.25, -0.2) is 0 Å². The van der Waals surface area contributed by atoms with E-state index in [9.17, 15) is 18.0 Å². The van der Waals surface area contributed by atoms with Crippen LogP contribution in [0.4, 0.5) is 18.9 Å². The van der Waals surface area contributed by atoms with Gasteiger partial charge < -0.3 is 5.32 Å². The van der Waals surface area contributed by atoms with Gasteiger partial charge in [0.05, 0.1) is 21.4 Å². The average Bonchev–Trinajstić information content (AvgIpc) is 2.62. The summed E-state index contributed by atoms with van der Waals surface area (Å²) in [4.78, 5) is 12.2. The molecule has 0 radical (unpaired) electrons. The van der Waals surface area contributed by atoms with E-state index in [1.54, 1.807) is 14.0 Å². The molecule has 1 N–H and O–H groups in total. The molecule has 0 spiro atoms. The Morgan fingerprint density at radius 2 is 1.95 bits per heavy atom. The smallest absolute Gasteiger partial charge is 0.320 e. The summed E-state index contributed by atoms with van der Waals surface area (Å²) in [6.07, 6.45) is -4.54. The number of halogens is 4. The summed E-state index contributed by atoms with van der Waals surface area (Å²) in [7, 11) is 1.54. The van der Waals surface area contributed by atoms with Crippen LogP contribution in [0, 0.1) is 6.92 Å². The Morgan fingerprint density at radius 1 is 1.33 bits per heavy atom.